The van der Waals surface area contributed by atoms with Crippen molar-refractivity contribution in [3.63, 3.8) is 0 Å². The average Bonchev–Trinajstić information content (AvgIpc) is 2.29. The first kappa shape index (κ1) is 20.8. The molecule has 0 atom stereocenters. The zero-order valence-electron chi connectivity index (χ0n) is 14.8. The Morgan fingerprint density at radius 2 is 1.52 bits per heavy atom. The Morgan fingerprint density at radius 1 is 1.05 bits per heavy atom. The molecule has 0 unspecified atom stereocenters. The van der Waals surface area contributed by atoms with E-state index in [1.807, 2.05) is 6.08 Å². The monoisotopic (exact) mass is 347 g/mol. The highest BCUT2D eigenvalue weighted by molar-refractivity contribution is 6.81. The number of esters is 1. The van der Waals surface area contributed by atoms with Crippen LogP contribution in [-0.2, 0) is 17.8 Å². The maximum atomic E-state index is 11.3. The van der Waals surface area contributed by atoms with Crippen LogP contribution in [-0.4, -0.2) is 39.0 Å². The molecule has 0 amide bonds. The van der Waals surface area contributed by atoms with Gasteiger partial charge in [0.1, 0.15) is 0 Å². The number of allylic oxidation sites excluding steroid dienone is 1. The molecule has 0 aliphatic heterocycles. The molecule has 0 aromatic rings. The lowest BCUT2D eigenvalue weighted by atomic mass is 10.2. The molecule has 21 heavy (non-hydrogen) atoms. The minimum Gasteiger partial charge on any atom is -0.466 e. The number of unbranched alkanes of at least 4 members (excludes halogenated alkanes) is 1. The SMILES string of the molecule is COC(=O)C(C)=CCCC[Si](O[Si](C)(C)C)O[Si](C)(C)C. The first-order valence-electron chi connectivity index (χ1n) is 7.43. The molecule has 0 aromatic heterocycles. The molecule has 1 radical (unpaired) electrons. The Morgan fingerprint density at radius 3 is 1.90 bits per heavy atom. The van der Waals surface area contributed by atoms with Crippen LogP contribution in [0, 0.1) is 0 Å². The van der Waals surface area contributed by atoms with E-state index in [0.717, 1.165) is 18.9 Å². The maximum Gasteiger partial charge on any atom is 0.362 e. The van der Waals surface area contributed by atoms with Gasteiger partial charge in [-0.25, -0.2) is 4.79 Å². The van der Waals surface area contributed by atoms with Gasteiger partial charge in [0.05, 0.1) is 7.11 Å². The van der Waals surface area contributed by atoms with Crippen molar-refractivity contribution in [3.8, 4) is 0 Å². The smallest absolute Gasteiger partial charge is 0.362 e. The van der Waals surface area contributed by atoms with Crippen LogP contribution in [0.5, 0.6) is 0 Å². The normalized spacial score (nSPS) is 13.7. The Balaban J connectivity index is 4.40. The molecular formula is C14H31O4Si3. The van der Waals surface area contributed by atoms with Crippen molar-refractivity contribution in [1.82, 2.24) is 0 Å². The van der Waals surface area contributed by atoms with Crippen molar-refractivity contribution in [2.75, 3.05) is 7.11 Å². The second-order valence-corrected chi connectivity index (χ2v) is 18.4. The predicted molar refractivity (Wildman–Crippen MR) is 94.4 cm³/mol. The third-order valence-corrected chi connectivity index (χ3v) is 9.87. The molecular weight excluding hydrogens is 316 g/mol. The Hall–Kier alpha value is -0.219. The second kappa shape index (κ2) is 9.04. The van der Waals surface area contributed by atoms with Gasteiger partial charge in [-0.2, -0.15) is 0 Å². The predicted octanol–water partition coefficient (Wildman–Crippen LogP) is 4.08. The van der Waals surface area contributed by atoms with Crippen molar-refractivity contribution in [3.05, 3.63) is 11.6 Å². The first-order chi connectivity index (χ1) is 9.44. The number of rotatable bonds is 9. The van der Waals surface area contributed by atoms with Crippen LogP contribution in [0.25, 0.3) is 0 Å². The summed E-state index contributed by atoms with van der Waals surface area (Å²) in [7, 11) is -2.94. The lowest BCUT2D eigenvalue weighted by Crippen LogP contribution is -2.43. The molecule has 0 rings (SSSR count). The highest BCUT2D eigenvalue weighted by atomic mass is 28.4. The molecule has 0 saturated heterocycles. The molecule has 7 heteroatoms. The fourth-order valence-corrected chi connectivity index (χ4v) is 8.93. The van der Waals surface area contributed by atoms with Crippen molar-refractivity contribution >= 4 is 31.9 Å². The summed E-state index contributed by atoms with van der Waals surface area (Å²) in [5, 5.41) is 0. The van der Waals surface area contributed by atoms with E-state index in [4.69, 9.17) is 8.23 Å². The highest BCUT2D eigenvalue weighted by Crippen LogP contribution is 2.17. The first-order valence-corrected chi connectivity index (χ1v) is 15.8. The van der Waals surface area contributed by atoms with E-state index < -0.39 is 25.9 Å². The number of methoxy groups -OCH3 is 1. The maximum absolute atomic E-state index is 11.3. The number of carbonyl (C=O) groups excluding carboxylic acids is 1. The Labute approximate surface area is 134 Å². The lowest BCUT2D eigenvalue weighted by Gasteiger charge is -2.29. The molecule has 0 fully saturated rings. The molecule has 123 valence electrons. The number of hydrogen-bond donors (Lipinski definition) is 0. The van der Waals surface area contributed by atoms with Crippen molar-refractivity contribution < 1.29 is 17.8 Å². The molecule has 0 aromatic carbocycles. The van der Waals surface area contributed by atoms with Crippen LogP contribution in [0.4, 0.5) is 0 Å². The molecule has 0 N–H and O–H groups in total. The number of ether oxygens (including phenoxy) is 1. The van der Waals surface area contributed by atoms with Crippen LogP contribution in [0.2, 0.25) is 45.3 Å². The molecule has 0 spiro atoms. The zero-order valence-corrected chi connectivity index (χ0v) is 17.8. The molecule has 0 bridgehead atoms. The van der Waals surface area contributed by atoms with Gasteiger partial charge in [-0.1, -0.05) is 6.08 Å². The quantitative estimate of drug-likeness (QED) is 0.273. The average molecular weight is 348 g/mol. The van der Waals surface area contributed by atoms with Gasteiger partial charge < -0.3 is 13.0 Å². The molecule has 4 nitrogen and oxygen atoms in total. The van der Waals surface area contributed by atoms with E-state index in [9.17, 15) is 4.79 Å². The van der Waals surface area contributed by atoms with Gasteiger partial charge in [0.25, 0.3) is 0 Å². The van der Waals surface area contributed by atoms with Crippen LogP contribution in [0.15, 0.2) is 11.6 Å². The van der Waals surface area contributed by atoms with Crippen LogP contribution in [0.1, 0.15) is 19.8 Å². The summed E-state index contributed by atoms with van der Waals surface area (Å²) in [5.74, 6) is -0.253. The summed E-state index contributed by atoms with van der Waals surface area (Å²) < 4.78 is 17.1. The third-order valence-electron chi connectivity index (χ3n) is 2.38. The topological polar surface area (TPSA) is 44.8 Å². The van der Waals surface area contributed by atoms with Gasteiger partial charge in [-0.3, -0.25) is 0 Å². The molecule has 0 saturated carbocycles. The Bertz CT molecular complexity index is 340. The molecule has 0 heterocycles. The van der Waals surface area contributed by atoms with E-state index in [1.54, 1.807) is 6.92 Å². The van der Waals surface area contributed by atoms with Gasteiger partial charge in [-0.05, 0) is 65.1 Å². The van der Waals surface area contributed by atoms with Gasteiger partial charge in [0.15, 0.2) is 16.6 Å². The highest BCUT2D eigenvalue weighted by Gasteiger charge is 2.29. The van der Waals surface area contributed by atoms with Gasteiger partial charge in [0, 0.05) is 5.57 Å². The zero-order chi connectivity index (χ0) is 16.7. The van der Waals surface area contributed by atoms with E-state index in [0.29, 0.717) is 5.57 Å². The largest absolute Gasteiger partial charge is 0.466 e. The van der Waals surface area contributed by atoms with Crippen LogP contribution < -0.4 is 0 Å². The molecule has 0 aliphatic carbocycles. The minimum absolute atomic E-state index is 0.253. The van der Waals surface area contributed by atoms with Crippen LogP contribution >= 0.6 is 0 Å². The molecule has 0 aliphatic rings. The third kappa shape index (κ3) is 12.1. The fraction of sp³-hybridized carbons (Fsp3) is 0.786. The summed E-state index contributed by atoms with van der Waals surface area (Å²) in [4.78, 5) is 11.3. The van der Waals surface area contributed by atoms with E-state index in [1.165, 1.54) is 7.11 Å². The summed E-state index contributed by atoms with van der Waals surface area (Å²) in [6.45, 7) is 15.0. The fourth-order valence-electron chi connectivity index (χ4n) is 1.62. The van der Waals surface area contributed by atoms with E-state index in [-0.39, 0.29) is 5.97 Å². The van der Waals surface area contributed by atoms with Crippen molar-refractivity contribution in [2.45, 2.75) is 65.1 Å². The van der Waals surface area contributed by atoms with Gasteiger partial charge in [0.2, 0.25) is 0 Å². The summed E-state index contributed by atoms with van der Waals surface area (Å²) in [6.07, 6.45) is 3.78. The summed E-state index contributed by atoms with van der Waals surface area (Å²) in [6, 6.07) is 0.962. The minimum atomic E-state index is -1.57. The standard InChI is InChI=1S/C14H31O4Si3/c1-13(14(15)16-2)11-9-10-12-19(17-20(3,4)5)18-21(6,7)8/h11H,9-10,12H2,1-8H3. The van der Waals surface area contributed by atoms with Crippen molar-refractivity contribution in [1.29, 1.82) is 0 Å². The van der Waals surface area contributed by atoms with Gasteiger partial charge >= 0.3 is 15.3 Å². The second-order valence-electron chi connectivity index (χ2n) is 7.07. The van der Waals surface area contributed by atoms with E-state index >= 15 is 0 Å². The van der Waals surface area contributed by atoms with E-state index in [2.05, 4.69) is 44.0 Å². The summed E-state index contributed by atoms with van der Waals surface area (Å²) in [5.41, 5.74) is 0.670. The van der Waals surface area contributed by atoms with Crippen LogP contribution in [0.3, 0.4) is 0 Å². The number of carbonyl (C=O) groups is 1. The van der Waals surface area contributed by atoms with Gasteiger partial charge in [-0.15, -0.1) is 0 Å². The summed E-state index contributed by atoms with van der Waals surface area (Å²) >= 11 is 0. The lowest BCUT2D eigenvalue weighted by molar-refractivity contribution is -0.136. The Kier molecular flexibility index (Phi) is 8.95. The van der Waals surface area contributed by atoms with Crippen molar-refractivity contribution in [2.24, 2.45) is 0 Å². The number of hydrogen-bond acceptors (Lipinski definition) is 4.